The fraction of sp³-hybridized carbons (Fsp3) is 0.393. The zero-order valence-electron chi connectivity index (χ0n) is 20.7. The Bertz CT molecular complexity index is 1390. The number of aryl methyl sites for hydroxylation is 1. The van der Waals surface area contributed by atoms with Gasteiger partial charge < -0.3 is 9.88 Å². The Balaban J connectivity index is 1.09. The molecule has 0 bridgehead atoms. The molecular formula is C28H31N7O. The van der Waals surface area contributed by atoms with Crippen LogP contribution < -0.4 is 0 Å². The van der Waals surface area contributed by atoms with Crippen LogP contribution in [0.2, 0.25) is 0 Å². The van der Waals surface area contributed by atoms with Crippen molar-refractivity contribution in [1.29, 1.82) is 0 Å². The van der Waals surface area contributed by atoms with Crippen molar-refractivity contribution in [2.45, 2.75) is 39.2 Å². The molecule has 2 aliphatic rings. The number of nitrogens with one attached hydrogen (secondary N) is 1. The van der Waals surface area contributed by atoms with E-state index in [0.29, 0.717) is 18.2 Å². The number of piperazine rings is 1. The number of imidazole rings is 1. The molecule has 184 valence electrons. The van der Waals surface area contributed by atoms with E-state index in [4.69, 9.17) is 4.98 Å². The average Bonchev–Trinajstić information content (AvgIpc) is 3.60. The number of carbonyl (C=O) groups is 1. The van der Waals surface area contributed by atoms with Gasteiger partial charge in [-0.15, -0.1) is 0 Å². The smallest absolute Gasteiger partial charge is 0.222 e. The van der Waals surface area contributed by atoms with Crippen LogP contribution >= 0.6 is 0 Å². The van der Waals surface area contributed by atoms with Crippen LogP contribution in [0.3, 0.4) is 0 Å². The number of pyridine rings is 1. The largest absolute Gasteiger partial charge is 0.342 e. The van der Waals surface area contributed by atoms with Gasteiger partial charge in [0.2, 0.25) is 5.91 Å². The van der Waals surface area contributed by atoms with Crippen LogP contribution in [0, 0.1) is 12.8 Å². The lowest BCUT2D eigenvalue weighted by atomic mass is 10.1. The van der Waals surface area contributed by atoms with Gasteiger partial charge in [0, 0.05) is 69.2 Å². The van der Waals surface area contributed by atoms with E-state index in [0.717, 1.165) is 78.8 Å². The topological polar surface area (TPSA) is 90.9 Å². The Morgan fingerprint density at radius 1 is 1.00 bits per heavy atom. The van der Waals surface area contributed by atoms with Crippen molar-refractivity contribution in [2.24, 2.45) is 5.92 Å². The fourth-order valence-electron chi connectivity index (χ4n) is 4.93. The minimum Gasteiger partial charge on any atom is -0.342 e. The Kier molecular flexibility index (Phi) is 6.19. The second kappa shape index (κ2) is 9.78. The predicted octanol–water partition coefficient (Wildman–Crippen LogP) is 3.76. The molecule has 6 rings (SSSR count). The molecule has 0 atom stereocenters. The number of nitrogens with zero attached hydrogens (tertiary/aromatic N) is 6. The number of fused-ring (bicyclic) bond motifs is 1. The molecule has 8 nitrogen and oxygen atoms in total. The van der Waals surface area contributed by atoms with Gasteiger partial charge in [0.25, 0.3) is 0 Å². The summed E-state index contributed by atoms with van der Waals surface area (Å²) in [6, 6.07) is 12.3. The van der Waals surface area contributed by atoms with Crippen LogP contribution in [-0.4, -0.2) is 66.8 Å². The van der Waals surface area contributed by atoms with E-state index < -0.39 is 0 Å². The van der Waals surface area contributed by atoms with E-state index in [2.05, 4.69) is 43.0 Å². The first-order valence-electron chi connectivity index (χ1n) is 12.8. The number of amides is 1. The Morgan fingerprint density at radius 3 is 2.64 bits per heavy atom. The monoisotopic (exact) mass is 481 g/mol. The summed E-state index contributed by atoms with van der Waals surface area (Å²) in [5, 5.41) is 0. The quantitative estimate of drug-likeness (QED) is 0.432. The van der Waals surface area contributed by atoms with E-state index in [-0.39, 0.29) is 0 Å². The molecule has 0 radical (unpaired) electrons. The first-order chi connectivity index (χ1) is 17.6. The summed E-state index contributed by atoms with van der Waals surface area (Å²) >= 11 is 0. The summed E-state index contributed by atoms with van der Waals surface area (Å²) in [6.45, 7) is 6.28. The summed E-state index contributed by atoms with van der Waals surface area (Å²) in [5.74, 6) is 2.65. The van der Waals surface area contributed by atoms with Crippen molar-refractivity contribution < 1.29 is 4.79 Å². The molecule has 1 amide bonds. The van der Waals surface area contributed by atoms with E-state index >= 15 is 0 Å². The first-order valence-corrected chi connectivity index (χ1v) is 12.8. The zero-order valence-corrected chi connectivity index (χ0v) is 20.7. The van der Waals surface area contributed by atoms with E-state index in [1.165, 1.54) is 18.4 Å². The molecule has 36 heavy (non-hydrogen) atoms. The van der Waals surface area contributed by atoms with Crippen LogP contribution in [0.25, 0.3) is 22.3 Å². The first kappa shape index (κ1) is 22.8. The maximum absolute atomic E-state index is 12.4. The van der Waals surface area contributed by atoms with Gasteiger partial charge >= 0.3 is 0 Å². The number of aromatic nitrogens is 5. The molecule has 0 unspecified atom stereocenters. The molecule has 1 aliphatic heterocycles. The summed E-state index contributed by atoms with van der Waals surface area (Å²) < 4.78 is 0. The lowest BCUT2D eigenvalue weighted by Gasteiger charge is -2.35. The van der Waals surface area contributed by atoms with E-state index in [1.807, 2.05) is 36.2 Å². The molecule has 1 aromatic carbocycles. The summed E-state index contributed by atoms with van der Waals surface area (Å²) in [4.78, 5) is 38.4. The van der Waals surface area contributed by atoms with Crippen molar-refractivity contribution in [2.75, 3.05) is 26.2 Å². The molecule has 4 aromatic rings. The Hall–Kier alpha value is -3.65. The van der Waals surface area contributed by atoms with Crippen molar-refractivity contribution in [1.82, 2.24) is 34.7 Å². The summed E-state index contributed by atoms with van der Waals surface area (Å²) in [7, 11) is 0. The summed E-state index contributed by atoms with van der Waals surface area (Å²) in [6.07, 6.45) is 7.53. The second-order valence-corrected chi connectivity index (χ2v) is 10.0. The van der Waals surface area contributed by atoms with Gasteiger partial charge in [0.05, 0.1) is 16.7 Å². The third-order valence-corrected chi connectivity index (χ3v) is 7.12. The molecule has 1 saturated heterocycles. The van der Waals surface area contributed by atoms with Crippen LogP contribution in [-0.2, 0) is 17.8 Å². The van der Waals surface area contributed by atoms with E-state index in [9.17, 15) is 4.79 Å². The lowest BCUT2D eigenvalue weighted by molar-refractivity contribution is -0.133. The van der Waals surface area contributed by atoms with Gasteiger partial charge in [0.15, 0.2) is 0 Å². The maximum atomic E-state index is 12.4. The maximum Gasteiger partial charge on any atom is 0.222 e. The minimum atomic E-state index is 0.341. The molecular weight excluding hydrogens is 450 g/mol. The molecule has 1 saturated carbocycles. The van der Waals surface area contributed by atoms with Gasteiger partial charge in [-0.05, 0) is 61.6 Å². The minimum absolute atomic E-state index is 0.341. The number of carbonyl (C=O) groups excluding carboxylic acids is 1. The van der Waals surface area contributed by atoms with Crippen LogP contribution in [0.15, 0.2) is 48.8 Å². The van der Waals surface area contributed by atoms with Gasteiger partial charge in [-0.3, -0.25) is 14.7 Å². The predicted molar refractivity (Wildman–Crippen MR) is 138 cm³/mol. The van der Waals surface area contributed by atoms with Gasteiger partial charge in [-0.25, -0.2) is 15.0 Å². The second-order valence-electron chi connectivity index (χ2n) is 10.0. The van der Waals surface area contributed by atoms with Crippen LogP contribution in [0.1, 0.15) is 42.2 Å². The molecule has 3 aromatic heterocycles. The third kappa shape index (κ3) is 5.28. The van der Waals surface area contributed by atoms with Crippen LogP contribution in [0.4, 0.5) is 0 Å². The number of benzene rings is 1. The Morgan fingerprint density at radius 2 is 1.83 bits per heavy atom. The van der Waals surface area contributed by atoms with Crippen molar-refractivity contribution in [3.63, 3.8) is 0 Å². The number of hydrogen-bond acceptors (Lipinski definition) is 6. The number of aromatic amines is 1. The standard InChI is InChI=1S/C28H31N7O/c1-19-29-9-7-24(31-19)22-4-5-25-26(16-22)33-27(32-25)17-23-14-21(6-8-30-23)18-34-10-12-35(13-11-34)28(36)15-20-2-3-20/h4-9,14,16,20H,2-3,10-13,15,17-18H2,1H3,(H,32,33). The molecule has 4 heterocycles. The highest BCUT2D eigenvalue weighted by Crippen LogP contribution is 2.33. The van der Waals surface area contributed by atoms with Gasteiger partial charge in [-0.1, -0.05) is 6.07 Å². The van der Waals surface area contributed by atoms with Crippen LogP contribution in [0.5, 0.6) is 0 Å². The molecule has 8 heteroatoms. The third-order valence-electron chi connectivity index (χ3n) is 7.12. The van der Waals surface area contributed by atoms with Gasteiger partial charge in [-0.2, -0.15) is 0 Å². The van der Waals surface area contributed by atoms with Crippen molar-refractivity contribution >= 4 is 16.9 Å². The highest BCUT2D eigenvalue weighted by molar-refractivity contribution is 5.81. The number of H-pyrrole nitrogens is 1. The highest BCUT2D eigenvalue weighted by atomic mass is 16.2. The fourth-order valence-corrected chi connectivity index (χ4v) is 4.93. The molecule has 2 fully saturated rings. The zero-order chi connectivity index (χ0) is 24.5. The normalized spacial score (nSPS) is 16.5. The number of rotatable bonds is 7. The Labute approximate surface area is 210 Å². The molecule has 1 aliphatic carbocycles. The SMILES string of the molecule is Cc1nccc(-c2ccc3nc(Cc4cc(CN5CCN(C(=O)CC6CC6)CC5)ccn4)[nH]c3c2)n1. The average molecular weight is 482 g/mol. The summed E-state index contributed by atoms with van der Waals surface area (Å²) in [5.41, 5.74) is 6.11. The lowest BCUT2D eigenvalue weighted by Crippen LogP contribution is -2.48. The number of hydrogen-bond donors (Lipinski definition) is 1. The van der Waals surface area contributed by atoms with Crippen molar-refractivity contribution in [3.05, 3.63) is 71.7 Å². The van der Waals surface area contributed by atoms with Crippen molar-refractivity contribution in [3.8, 4) is 11.3 Å². The highest BCUT2D eigenvalue weighted by Gasteiger charge is 2.28. The van der Waals surface area contributed by atoms with Gasteiger partial charge in [0.1, 0.15) is 11.6 Å². The molecule has 0 spiro atoms. The van der Waals surface area contributed by atoms with E-state index in [1.54, 1.807) is 6.20 Å². The molecule has 1 N–H and O–H groups in total.